The smallest absolute Gasteiger partial charge is 0.00671 e. The lowest BCUT2D eigenvalue weighted by Crippen LogP contribution is -2.29. The van der Waals surface area contributed by atoms with E-state index in [9.17, 15) is 0 Å². The van der Waals surface area contributed by atoms with E-state index in [2.05, 4.69) is 12.2 Å². The molecule has 0 amide bonds. The van der Waals surface area contributed by atoms with Crippen LogP contribution in [0.2, 0.25) is 0 Å². The number of nitrogens with one attached hydrogen (secondary N) is 1. The van der Waals surface area contributed by atoms with Crippen LogP contribution in [0.3, 0.4) is 0 Å². The van der Waals surface area contributed by atoms with E-state index in [1.54, 1.807) is 0 Å². The van der Waals surface area contributed by atoms with E-state index >= 15 is 0 Å². The van der Waals surface area contributed by atoms with Crippen molar-refractivity contribution >= 4 is 0 Å². The van der Waals surface area contributed by atoms with Crippen LogP contribution < -0.4 is 5.32 Å². The van der Waals surface area contributed by atoms with Crippen molar-refractivity contribution in [2.45, 2.75) is 90.0 Å². The summed E-state index contributed by atoms with van der Waals surface area (Å²) in [5, 5.41) is 3.83. The first-order valence-electron chi connectivity index (χ1n) is 8.62. The highest BCUT2D eigenvalue weighted by Crippen LogP contribution is 2.28. The van der Waals surface area contributed by atoms with Crippen LogP contribution in [-0.2, 0) is 0 Å². The van der Waals surface area contributed by atoms with Crippen LogP contribution in [0, 0.1) is 11.8 Å². The van der Waals surface area contributed by atoms with Gasteiger partial charge in [-0.25, -0.2) is 0 Å². The predicted molar refractivity (Wildman–Crippen MR) is 79.8 cm³/mol. The van der Waals surface area contributed by atoms with Gasteiger partial charge in [-0.1, -0.05) is 51.9 Å². The van der Waals surface area contributed by atoms with Crippen LogP contribution in [0.4, 0.5) is 0 Å². The monoisotopic (exact) mass is 251 g/mol. The lowest BCUT2D eigenvalue weighted by Gasteiger charge is -2.17. The van der Waals surface area contributed by atoms with E-state index in [0.717, 1.165) is 17.9 Å². The second-order valence-corrected chi connectivity index (χ2v) is 6.73. The third-order valence-corrected chi connectivity index (χ3v) is 5.36. The molecule has 0 aromatic heterocycles. The number of rotatable bonds is 6. The maximum absolute atomic E-state index is 3.83. The van der Waals surface area contributed by atoms with Crippen molar-refractivity contribution in [3.05, 3.63) is 0 Å². The summed E-state index contributed by atoms with van der Waals surface area (Å²) in [6.07, 6.45) is 17.6. The van der Waals surface area contributed by atoms with Gasteiger partial charge >= 0.3 is 0 Å². The minimum absolute atomic E-state index is 0.838. The summed E-state index contributed by atoms with van der Waals surface area (Å²) in [6, 6.07) is 0.838. The van der Waals surface area contributed by atoms with Crippen LogP contribution in [0.5, 0.6) is 0 Å². The average Bonchev–Trinajstić information content (AvgIpc) is 2.80. The highest BCUT2D eigenvalue weighted by Gasteiger charge is 2.18. The first-order valence-corrected chi connectivity index (χ1v) is 8.62. The van der Waals surface area contributed by atoms with Crippen molar-refractivity contribution in [2.75, 3.05) is 6.54 Å². The third kappa shape index (κ3) is 4.91. The molecule has 1 heteroatoms. The van der Waals surface area contributed by atoms with Crippen LogP contribution in [0.15, 0.2) is 0 Å². The van der Waals surface area contributed by atoms with Gasteiger partial charge in [-0.2, -0.15) is 0 Å². The molecule has 0 radical (unpaired) electrons. The Morgan fingerprint density at radius 1 is 0.833 bits per heavy atom. The van der Waals surface area contributed by atoms with Gasteiger partial charge in [0.15, 0.2) is 0 Å². The van der Waals surface area contributed by atoms with Gasteiger partial charge in [0.2, 0.25) is 0 Å². The summed E-state index contributed by atoms with van der Waals surface area (Å²) in [6.45, 7) is 3.64. The first kappa shape index (κ1) is 14.4. The van der Waals surface area contributed by atoms with Crippen LogP contribution >= 0.6 is 0 Å². The van der Waals surface area contributed by atoms with Gasteiger partial charge in [0.05, 0.1) is 0 Å². The molecule has 2 aliphatic carbocycles. The molecular weight excluding hydrogens is 218 g/mol. The van der Waals surface area contributed by atoms with E-state index < -0.39 is 0 Å². The van der Waals surface area contributed by atoms with Crippen LogP contribution in [0.1, 0.15) is 84.0 Å². The van der Waals surface area contributed by atoms with E-state index in [-0.39, 0.29) is 0 Å². The summed E-state index contributed by atoms with van der Waals surface area (Å²) < 4.78 is 0. The Morgan fingerprint density at radius 2 is 1.61 bits per heavy atom. The molecule has 1 nitrogen and oxygen atoms in total. The van der Waals surface area contributed by atoms with Crippen molar-refractivity contribution in [3.8, 4) is 0 Å². The van der Waals surface area contributed by atoms with E-state index in [0.29, 0.717) is 0 Å². The van der Waals surface area contributed by atoms with Crippen molar-refractivity contribution in [3.63, 3.8) is 0 Å². The number of hydrogen-bond acceptors (Lipinski definition) is 1. The van der Waals surface area contributed by atoms with Crippen LogP contribution in [-0.4, -0.2) is 12.6 Å². The SMILES string of the molecule is CCC1CCCC(NCCCC2CCCC2)CC1. The Morgan fingerprint density at radius 3 is 2.39 bits per heavy atom. The molecule has 106 valence electrons. The topological polar surface area (TPSA) is 12.0 Å². The Bertz CT molecular complexity index is 208. The normalized spacial score (nSPS) is 30.5. The molecule has 1 N–H and O–H groups in total. The van der Waals surface area contributed by atoms with E-state index in [1.165, 1.54) is 83.6 Å². The second-order valence-electron chi connectivity index (χ2n) is 6.73. The molecular formula is C17H33N. The van der Waals surface area contributed by atoms with Gasteiger partial charge in [0.25, 0.3) is 0 Å². The molecule has 18 heavy (non-hydrogen) atoms. The van der Waals surface area contributed by atoms with Gasteiger partial charge in [0, 0.05) is 6.04 Å². The fourth-order valence-corrected chi connectivity index (χ4v) is 3.99. The molecule has 2 rings (SSSR count). The fourth-order valence-electron chi connectivity index (χ4n) is 3.99. The second kappa shape index (κ2) is 8.19. The van der Waals surface area contributed by atoms with Crippen LogP contribution in [0.25, 0.3) is 0 Å². The maximum Gasteiger partial charge on any atom is 0.00671 e. The molecule has 0 heterocycles. The molecule has 0 aliphatic heterocycles. The van der Waals surface area contributed by atoms with Crippen molar-refractivity contribution in [1.82, 2.24) is 5.32 Å². The molecule has 0 aromatic rings. The standard InChI is InChI=1S/C17H33N/c1-2-15-9-5-11-17(13-12-15)18-14-6-10-16-7-3-4-8-16/h15-18H,2-14H2,1H3. The van der Waals surface area contributed by atoms with Crippen molar-refractivity contribution in [1.29, 1.82) is 0 Å². The zero-order valence-corrected chi connectivity index (χ0v) is 12.4. The molecule has 2 fully saturated rings. The summed E-state index contributed by atoms with van der Waals surface area (Å²) in [4.78, 5) is 0. The molecule has 2 aliphatic rings. The maximum atomic E-state index is 3.83. The molecule has 2 atom stereocenters. The Balaban J connectivity index is 1.53. The summed E-state index contributed by atoms with van der Waals surface area (Å²) in [5.74, 6) is 2.10. The minimum atomic E-state index is 0.838. The molecule has 2 saturated carbocycles. The predicted octanol–water partition coefficient (Wildman–Crippen LogP) is 4.91. The summed E-state index contributed by atoms with van der Waals surface area (Å²) in [5.41, 5.74) is 0. The fraction of sp³-hybridized carbons (Fsp3) is 1.00. The molecule has 0 bridgehead atoms. The Hall–Kier alpha value is -0.0400. The zero-order chi connectivity index (χ0) is 12.6. The molecule has 0 saturated heterocycles. The van der Waals surface area contributed by atoms with Gasteiger partial charge in [-0.3, -0.25) is 0 Å². The quantitative estimate of drug-likeness (QED) is 0.522. The zero-order valence-electron chi connectivity index (χ0n) is 12.4. The van der Waals surface area contributed by atoms with Gasteiger partial charge in [0.1, 0.15) is 0 Å². The molecule has 2 unspecified atom stereocenters. The van der Waals surface area contributed by atoms with Crippen molar-refractivity contribution in [2.24, 2.45) is 11.8 Å². The first-order chi connectivity index (χ1) is 8.88. The summed E-state index contributed by atoms with van der Waals surface area (Å²) >= 11 is 0. The highest BCUT2D eigenvalue weighted by atomic mass is 14.9. The average molecular weight is 251 g/mol. The Kier molecular flexibility index (Phi) is 6.54. The third-order valence-electron chi connectivity index (χ3n) is 5.36. The van der Waals surface area contributed by atoms with Gasteiger partial charge in [-0.05, 0) is 50.5 Å². The molecule has 0 spiro atoms. The van der Waals surface area contributed by atoms with E-state index in [4.69, 9.17) is 0 Å². The van der Waals surface area contributed by atoms with Gasteiger partial charge < -0.3 is 5.32 Å². The summed E-state index contributed by atoms with van der Waals surface area (Å²) in [7, 11) is 0. The lowest BCUT2D eigenvalue weighted by atomic mass is 9.98. The highest BCUT2D eigenvalue weighted by molar-refractivity contribution is 4.75. The largest absolute Gasteiger partial charge is 0.314 e. The minimum Gasteiger partial charge on any atom is -0.314 e. The van der Waals surface area contributed by atoms with Gasteiger partial charge in [-0.15, -0.1) is 0 Å². The Labute approximate surface area is 114 Å². The molecule has 0 aromatic carbocycles. The van der Waals surface area contributed by atoms with Crippen molar-refractivity contribution < 1.29 is 0 Å². The number of hydrogen-bond donors (Lipinski definition) is 1. The van der Waals surface area contributed by atoms with E-state index in [1.807, 2.05) is 0 Å². The lowest BCUT2D eigenvalue weighted by molar-refractivity contribution is 0.409.